The molecule has 0 saturated heterocycles. The molecule has 87 valence electrons. The molecule has 0 atom stereocenters. The molecular formula is C15H10NOS. The van der Waals surface area contributed by atoms with Crippen molar-refractivity contribution in [2.45, 2.75) is 0 Å². The van der Waals surface area contributed by atoms with E-state index < -0.39 is 0 Å². The molecule has 1 radical (unpaired) electrons. The lowest BCUT2D eigenvalue weighted by molar-refractivity contribution is 0.483. The fourth-order valence-electron chi connectivity index (χ4n) is 1.62. The van der Waals surface area contributed by atoms with Crippen LogP contribution in [-0.4, -0.2) is 4.98 Å². The van der Waals surface area contributed by atoms with Gasteiger partial charge >= 0.3 is 0 Å². The zero-order valence-corrected chi connectivity index (χ0v) is 10.4. The van der Waals surface area contributed by atoms with Crippen molar-refractivity contribution < 1.29 is 4.74 Å². The molecular weight excluding hydrogens is 242 g/mol. The zero-order valence-electron chi connectivity index (χ0n) is 9.54. The van der Waals surface area contributed by atoms with Gasteiger partial charge in [0.1, 0.15) is 11.5 Å². The Hall–Kier alpha value is -2.13. The molecule has 2 nitrogen and oxygen atoms in total. The summed E-state index contributed by atoms with van der Waals surface area (Å²) < 4.78 is 5.72. The molecule has 0 fully saturated rings. The monoisotopic (exact) mass is 252 g/mol. The molecule has 0 amide bonds. The minimum atomic E-state index is 0.819. The smallest absolute Gasteiger partial charge is 0.127 e. The van der Waals surface area contributed by atoms with E-state index in [-0.39, 0.29) is 0 Å². The number of hydrogen-bond donors (Lipinski definition) is 0. The summed E-state index contributed by atoms with van der Waals surface area (Å²) in [7, 11) is 0. The maximum Gasteiger partial charge on any atom is 0.127 e. The SMILES string of the molecule is [c]1ccc(Oc2ccc(-c3cncs3)cc2)cc1. The van der Waals surface area contributed by atoms with Gasteiger partial charge in [-0.2, -0.15) is 0 Å². The lowest BCUT2D eigenvalue weighted by Gasteiger charge is -2.05. The summed E-state index contributed by atoms with van der Waals surface area (Å²) in [4.78, 5) is 5.24. The van der Waals surface area contributed by atoms with E-state index in [1.54, 1.807) is 11.3 Å². The summed E-state index contributed by atoms with van der Waals surface area (Å²) in [5, 5.41) is 0. The zero-order chi connectivity index (χ0) is 12.2. The third-order valence-corrected chi connectivity index (χ3v) is 3.32. The summed E-state index contributed by atoms with van der Waals surface area (Å²) in [6, 6.07) is 18.4. The van der Waals surface area contributed by atoms with Crippen molar-refractivity contribution >= 4 is 11.3 Å². The molecule has 0 bridgehead atoms. The molecule has 1 heterocycles. The predicted molar refractivity (Wildman–Crippen MR) is 72.9 cm³/mol. The van der Waals surface area contributed by atoms with Crippen LogP contribution in [0.25, 0.3) is 10.4 Å². The summed E-state index contributed by atoms with van der Waals surface area (Å²) in [5.41, 5.74) is 2.99. The van der Waals surface area contributed by atoms with Crippen molar-refractivity contribution in [1.29, 1.82) is 0 Å². The van der Waals surface area contributed by atoms with Crippen molar-refractivity contribution in [3.63, 3.8) is 0 Å². The van der Waals surface area contributed by atoms with E-state index in [9.17, 15) is 0 Å². The van der Waals surface area contributed by atoms with E-state index in [0.717, 1.165) is 21.9 Å². The maximum atomic E-state index is 5.72. The van der Waals surface area contributed by atoms with E-state index in [4.69, 9.17) is 4.74 Å². The van der Waals surface area contributed by atoms with E-state index >= 15 is 0 Å². The molecule has 0 aliphatic heterocycles. The Morgan fingerprint density at radius 2 is 1.67 bits per heavy atom. The Balaban J connectivity index is 1.80. The summed E-state index contributed by atoms with van der Waals surface area (Å²) in [6.45, 7) is 0. The number of nitrogens with zero attached hydrogens (tertiary/aromatic N) is 1. The van der Waals surface area contributed by atoms with Crippen LogP contribution in [0.3, 0.4) is 0 Å². The number of hydrogen-bond acceptors (Lipinski definition) is 3. The van der Waals surface area contributed by atoms with Crippen LogP contribution in [-0.2, 0) is 0 Å². The molecule has 0 saturated carbocycles. The van der Waals surface area contributed by atoms with Gasteiger partial charge in [0.05, 0.1) is 10.4 Å². The Morgan fingerprint density at radius 3 is 2.33 bits per heavy atom. The van der Waals surface area contributed by atoms with E-state index in [2.05, 4.69) is 11.1 Å². The standard InChI is InChI=1S/C15H10NOS/c1-2-4-13(5-3-1)17-14-8-6-12(7-9-14)15-10-16-11-18-15/h2-11H. The predicted octanol–water partition coefficient (Wildman–Crippen LogP) is 4.40. The molecule has 2 aromatic carbocycles. The van der Waals surface area contributed by atoms with Gasteiger partial charge < -0.3 is 4.74 Å². The average Bonchev–Trinajstić information content (AvgIpc) is 2.95. The van der Waals surface area contributed by atoms with Crippen molar-refractivity contribution in [3.05, 3.63) is 66.3 Å². The van der Waals surface area contributed by atoms with Gasteiger partial charge in [-0.1, -0.05) is 12.1 Å². The Labute approximate surface area is 110 Å². The second kappa shape index (κ2) is 5.02. The molecule has 0 aliphatic carbocycles. The normalized spacial score (nSPS) is 10.2. The van der Waals surface area contributed by atoms with E-state index in [0.29, 0.717) is 0 Å². The van der Waals surface area contributed by atoms with Crippen LogP contribution < -0.4 is 4.74 Å². The Kier molecular flexibility index (Phi) is 3.07. The van der Waals surface area contributed by atoms with Gasteiger partial charge in [-0.25, -0.2) is 0 Å². The molecule has 3 rings (SSSR count). The first-order valence-corrected chi connectivity index (χ1v) is 6.43. The van der Waals surface area contributed by atoms with Crippen LogP contribution in [0.5, 0.6) is 11.5 Å². The third kappa shape index (κ3) is 2.41. The fraction of sp³-hybridized carbons (Fsp3) is 0. The van der Waals surface area contributed by atoms with Gasteiger partial charge in [0.15, 0.2) is 0 Å². The highest BCUT2D eigenvalue weighted by Gasteiger charge is 2.00. The highest BCUT2D eigenvalue weighted by Crippen LogP contribution is 2.27. The Morgan fingerprint density at radius 1 is 0.944 bits per heavy atom. The fourth-order valence-corrected chi connectivity index (χ4v) is 2.25. The van der Waals surface area contributed by atoms with Crippen LogP contribution in [0.2, 0.25) is 0 Å². The number of benzene rings is 2. The number of ether oxygens (including phenoxy) is 1. The topological polar surface area (TPSA) is 22.1 Å². The minimum Gasteiger partial charge on any atom is -0.457 e. The van der Waals surface area contributed by atoms with Crippen molar-refractivity contribution in [3.8, 4) is 21.9 Å². The molecule has 18 heavy (non-hydrogen) atoms. The van der Waals surface area contributed by atoms with Gasteiger partial charge in [-0.3, -0.25) is 4.98 Å². The van der Waals surface area contributed by atoms with Crippen LogP contribution in [0.1, 0.15) is 0 Å². The summed E-state index contributed by atoms with van der Waals surface area (Å²) in [6.07, 6.45) is 1.87. The molecule has 1 aromatic heterocycles. The summed E-state index contributed by atoms with van der Waals surface area (Å²) >= 11 is 1.63. The first kappa shape index (κ1) is 11.0. The molecule has 0 unspecified atom stereocenters. The second-order valence-corrected chi connectivity index (χ2v) is 4.61. The van der Waals surface area contributed by atoms with Crippen molar-refractivity contribution in [2.24, 2.45) is 0 Å². The first-order chi connectivity index (χ1) is 8.92. The second-order valence-electron chi connectivity index (χ2n) is 3.73. The molecule has 0 aliphatic rings. The van der Waals surface area contributed by atoms with E-state index in [1.165, 1.54) is 0 Å². The van der Waals surface area contributed by atoms with Gasteiger partial charge in [-0.15, -0.1) is 11.3 Å². The van der Waals surface area contributed by atoms with Crippen LogP contribution >= 0.6 is 11.3 Å². The van der Waals surface area contributed by atoms with Crippen molar-refractivity contribution in [2.75, 3.05) is 0 Å². The quantitative estimate of drug-likeness (QED) is 0.689. The highest BCUT2D eigenvalue weighted by molar-refractivity contribution is 7.13. The summed E-state index contributed by atoms with van der Waals surface area (Å²) in [5.74, 6) is 1.65. The largest absolute Gasteiger partial charge is 0.457 e. The van der Waals surface area contributed by atoms with Gasteiger partial charge in [-0.05, 0) is 48.0 Å². The number of rotatable bonds is 3. The molecule has 3 heteroatoms. The van der Waals surface area contributed by atoms with Crippen LogP contribution in [0.15, 0.2) is 60.2 Å². The lowest BCUT2D eigenvalue weighted by atomic mass is 10.2. The van der Waals surface area contributed by atoms with Crippen LogP contribution in [0.4, 0.5) is 0 Å². The molecule has 3 aromatic rings. The molecule has 0 spiro atoms. The lowest BCUT2D eigenvalue weighted by Crippen LogP contribution is -1.83. The van der Waals surface area contributed by atoms with Gasteiger partial charge in [0, 0.05) is 6.20 Å². The highest BCUT2D eigenvalue weighted by atomic mass is 32.1. The maximum absolute atomic E-state index is 5.72. The van der Waals surface area contributed by atoms with Gasteiger partial charge in [0.2, 0.25) is 0 Å². The van der Waals surface area contributed by atoms with Crippen molar-refractivity contribution in [1.82, 2.24) is 4.98 Å². The van der Waals surface area contributed by atoms with Gasteiger partial charge in [0.25, 0.3) is 0 Å². The number of thiazole rings is 1. The third-order valence-electron chi connectivity index (χ3n) is 2.49. The minimum absolute atomic E-state index is 0.819. The molecule has 0 N–H and O–H groups in total. The number of aromatic nitrogens is 1. The van der Waals surface area contributed by atoms with Crippen LogP contribution in [0, 0.1) is 6.07 Å². The van der Waals surface area contributed by atoms with E-state index in [1.807, 2.05) is 60.2 Å². The average molecular weight is 252 g/mol. The Bertz CT molecular complexity index is 603. The first-order valence-electron chi connectivity index (χ1n) is 5.55.